The fourth-order valence-electron chi connectivity index (χ4n) is 3.36. The van der Waals surface area contributed by atoms with Crippen LogP contribution in [0.25, 0.3) is 0 Å². The number of ether oxygens (including phenoxy) is 2. The molecular weight excluding hydrogens is 455 g/mol. The number of rotatable bonds is 8. The van der Waals surface area contributed by atoms with E-state index in [0.29, 0.717) is 22.0 Å². The number of alkyl halides is 3. The molecule has 4 amide bonds. The first-order valence-electron chi connectivity index (χ1n) is 10.4. The monoisotopic (exact) mass is 479 g/mol. The maximum Gasteiger partial charge on any atom is 0.440 e. The number of methoxy groups -OCH3 is 1. The Morgan fingerprint density at radius 1 is 1.06 bits per heavy atom. The number of hydrogen-bond acceptors (Lipinski definition) is 5. The summed E-state index contributed by atoms with van der Waals surface area (Å²) in [7, 11) is 1.49. The zero-order valence-electron chi connectivity index (χ0n) is 18.7. The Kier molecular flexibility index (Phi) is 7.04. The molecule has 1 saturated heterocycles. The van der Waals surface area contributed by atoms with Gasteiger partial charge in [-0.25, -0.2) is 4.79 Å². The van der Waals surface area contributed by atoms with E-state index in [4.69, 9.17) is 9.47 Å². The van der Waals surface area contributed by atoms with Crippen LogP contribution in [-0.2, 0) is 11.2 Å². The molecule has 8 nitrogen and oxygen atoms in total. The molecule has 11 heteroatoms. The molecule has 0 saturated carbocycles. The second-order valence-corrected chi connectivity index (χ2v) is 7.88. The smallest absolute Gasteiger partial charge is 0.440 e. The molecule has 2 aromatic rings. The lowest BCUT2D eigenvalue weighted by atomic mass is 10.1. The second-order valence-electron chi connectivity index (χ2n) is 7.88. The van der Waals surface area contributed by atoms with Crippen LogP contribution in [0.4, 0.5) is 18.0 Å². The van der Waals surface area contributed by atoms with Crippen LogP contribution >= 0.6 is 0 Å². The number of nitrogens with zero attached hydrogens (tertiary/aromatic N) is 1. The van der Waals surface area contributed by atoms with E-state index in [-0.39, 0.29) is 24.6 Å². The lowest BCUT2D eigenvalue weighted by Gasteiger charge is -2.30. The van der Waals surface area contributed by atoms with Gasteiger partial charge in [-0.3, -0.25) is 19.8 Å². The first kappa shape index (κ1) is 24.9. The lowest BCUT2D eigenvalue weighted by Crippen LogP contribution is -2.69. The molecule has 0 radical (unpaired) electrons. The van der Waals surface area contributed by atoms with E-state index in [1.54, 1.807) is 48.7 Å². The summed E-state index contributed by atoms with van der Waals surface area (Å²) in [4.78, 5) is 38.2. The average molecular weight is 479 g/mol. The first-order valence-corrected chi connectivity index (χ1v) is 10.4. The Balaban J connectivity index is 1.77. The van der Waals surface area contributed by atoms with Gasteiger partial charge >= 0.3 is 12.2 Å². The Morgan fingerprint density at radius 3 is 2.18 bits per heavy atom. The lowest BCUT2D eigenvalue weighted by molar-refractivity contribution is -0.200. The molecule has 3 rings (SSSR count). The Hall–Kier alpha value is -3.76. The second kappa shape index (κ2) is 9.62. The number of amides is 4. The normalized spacial score (nSPS) is 18.1. The maximum atomic E-state index is 14.0. The minimum Gasteiger partial charge on any atom is -0.497 e. The predicted molar refractivity (Wildman–Crippen MR) is 115 cm³/mol. The van der Waals surface area contributed by atoms with Crippen molar-refractivity contribution < 1.29 is 37.0 Å². The fourth-order valence-corrected chi connectivity index (χ4v) is 3.36. The molecule has 34 heavy (non-hydrogen) atoms. The molecule has 0 aliphatic carbocycles. The number of benzene rings is 2. The highest BCUT2D eigenvalue weighted by Crippen LogP contribution is 2.34. The SMILES string of the molecule is COc1ccc(CCN2C(=O)NC(NC(=O)c3ccc(OC(C)C)cc3)(C(F)(F)F)C2=O)cc1. The van der Waals surface area contributed by atoms with Crippen LogP contribution < -0.4 is 20.1 Å². The average Bonchev–Trinajstić information content (AvgIpc) is 3.02. The van der Waals surface area contributed by atoms with E-state index < -0.39 is 29.7 Å². The summed E-state index contributed by atoms with van der Waals surface area (Å²) in [6.45, 7) is 3.27. The van der Waals surface area contributed by atoms with Gasteiger partial charge in [0.25, 0.3) is 17.5 Å². The Labute approximate surface area is 194 Å². The number of imide groups is 1. The van der Waals surface area contributed by atoms with E-state index in [9.17, 15) is 27.6 Å². The number of hydrogen-bond donors (Lipinski definition) is 2. The van der Waals surface area contributed by atoms with Crippen molar-refractivity contribution in [2.75, 3.05) is 13.7 Å². The maximum absolute atomic E-state index is 14.0. The van der Waals surface area contributed by atoms with Gasteiger partial charge < -0.3 is 14.8 Å². The molecule has 1 atom stereocenters. The van der Waals surface area contributed by atoms with Crippen LogP contribution in [0.3, 0.4) is 0 Å². The summed E-state index contributed by atoms with van der Waals surface area (Å²) < 4.78 is 52.6. The van der Waals surface area contributed by atoms with Gasteiger partial charge in [-0.2, -0.15) is 13.2 Å². The van der Waals surface area contributed by atoms with E-state index >= 15 is 0 Å². The highest BCUT2D eigenvalue weighted by atomic mass is 19.4. The molecule has 1 heterocycles. The van der Waals surface area contributed by atoms with Gasteiger partial charge in [0.2, 0.25) is 0 Å². The number of halogens is 3. The van der Waals surface area contributed by atoms with Gasteiger partial charge in [0, 0.05) is 12.1 Å². The molecule has 0 aromatic heterocycles. The van der Waals surface area contributed by atoms with Gasteiger partial charge in [0.05, 0.1) is 13.2 Å². The van der Waals surface area contributed by atoms with Crippen molar-refractivity contribution in [3.05, 3.63) is 59.7 Å². The van der Waals surface area contributed by atoms with Gasteiger partial charge in [-0.1, -0.05) is 12.1 Å². The van der Waals surface area contributed by atoms with E-state index in [1.165, 1.54) is 31.4 Å². The van der Waals surface area contributed by atoms with Crippen molar-refractivity contribution in [3.8, 4) is 11.5 Å². The van der Waals surface area contributed by atoms with E-state index in [1.807, 2.05) is 0 Å². The van der Waals surface area contributed by atoms with Crippen molar-refractivity contribution >= 4 is 17.8 Å². The molecule has 182 valence electrons. The van der Waals surface area contributed by atoms with Crippen molar-refractivity contribution in [1.82, 2.24) is 15.5 Å². The van der Waals surface area contributed by atoms with Crippen molar-refractivity contribution in [1.29, 1.82) is 0 Å². The van der Waals surface area contributed by atoms with Crippen LogP contribution in [0.1, 0.15) is 29.8 Å². The van der Waals surface area contributed by atoms with Crippen molar-refractivity contribution in [2.45, 2.75) is 38.2 Å². The summed E-state index contributed by atoms with van der Waals surface area (Å²) in [6, 6.07) is 10.8. The minimum atomic E-state index is -5.29. The molecule has 1 aliphatic rings. The molecule has 2 aromatic carbocycles. The van der Waals surface area contributed by atoms with Crippen LogP contribution in [0.15, 0.2) is 48.5 Å². The predicted octanol–water partition coefficient (Wildman–Crippen LogP) is 3.27. The van der Waals surface area contributed by atoms with E-state index in [0.717, 1.165) is 0 Å². The molecule has 0 bridgehead atoms. The number of carbonyl (C=O) groups is 3. The quantitative estimate of drug-likeness (QED) is 0.567. The molecule has 1 fully saturated rings. The summed E-state index contributed by atoms with van der Waals surface area (Å²) in [5.41, 5.74) is -3.04. The first-order chi connectivity index (χ1) is 16.0. The zero-order chi connectivity index (χ0) is 25.1. The van der Waals surface area contributed by atoms with Crippen LogP contribution in [0.2, 0.25) is 0 Å². The van der Waals surface area contributed by atoms with Gasteiger partial charge in [-0.05, 0) is 62.2 Å². The standard InChI is InChI=1S/C23H24F3N3O5/c1-14(2)34-18-10-6-16(7-11-18)19(30)27-22(23(24,25)26)20(31)29(21(32)28-22)13-12-15-4-8-17(33-3)9-5-15/h4-11,14H,12-13H2,1-3H3,(H,27,30)(H,28,32). The van der Waals surface area contributed by atoms with Crippen LogP contribution in [0, 0.1) is 0 Å². The van der Waals surface area contributed by atoms with Crippen molar-refractivity contribution in [2.24, 2.45) is 0 Å². The van der Waals surface area contributed by atoms with E-state index in [2.05, 4.69) is 0 Å². The minimum absolute atomic E-state index is 0.113. The number of carbonyl (C=O) groups excluding carboxylic acids is 3. The summed E-state index contributed by atoms with van der Waals surface area (Å²) >= 11 is 0. The molecule has 2 N–H and O–H groups in total. The van der Waals surface area contributed by atoms with Crippen LogP contribution in [0.5, 0.6) is 11.5 Å². The summed E-state index contributed by atoms with van der Waals surface area (Å²) in [5.74, 6) is -1.78. The van der Waals surface area contributed by atoms with Gasteiger partial charge in [0.1, 0.15) is 11.5 Å². The zero-order valence-corrected chi connectivity index (χ0v) is 18.7. The summed E-state index contributed by atoms with van der Waals surface area (Å²) in [6.07, 6.45) is -5.31. The van der Waals surface area contributed by atoms with Crippen LogP contribution in [-0.4, -0.2) is 54.3 Å². The number of urea groups is 1. The highest BCUT2D eigenvalue weighted by molar-refractivity contribution is 6.10. The third-order valence-corrected chi connectivity index (χ3v) is 5.10. The number of nitrogens with one attached hydrogen (secondary N) is 2. The Bertz CT molecular complexity index is 1060. The molecular formula is C23H24F3N3O5. The third kappa shape index (κ3) is 5.08. The Morgan fingerprint density at radius 2 is 1.65 bits per heavy atom. The summed E-state index contributed by atoms with van der Waals surface area (Å²) in [5, 5.41) is 3.32. The molecule has 0 spiro atoms. The van der Waals surface area contributed by atoms with Crippen molar-refractivity contribution in [3.63, 3.8) is 0 Å². The highest BCUT2D eigenvalue weighted by Gasteiger charge is 2.68. The topological polar surface area (TPSA) is 97.0 Å². The largest absolute Gasteiger partial charge is 0.497 e. The molecule has 1 unspecified atom stereocenters. The fraction of sp³-hybridized carbons (Fsp3) is 0.348. The molecule has 1 aliphatic heterocycles. The van der Waals surface area contributed by atoms with Gasteiger partial charge in [-0.15, -0.1) is 0 Å². The third-order valence-electron chi connectivity index (χ3n) is 5.10. The van der Waals surface area contributed by atoms with Gasteiger partial charge in [0.15, 0.2) is 0 Å².